The number of carbonyl (C=O) groups is 2. The van der Waals surface area contributed by atoms with Crippen molar-refractivity contribution in [1.29, 1.82) is 0 Å². The highest BCUT2D eigenvalue weighted by atomic mass is 79.9. The Balaban J connectivity index is 2.62. The Morgan fingerprint density at radius 1 is 1.42 bits per heavy atom. The first-order chi connectivity index (χ1) is 8.90. The van der Waals surface area contributed by atoms with Crippen molar-refractivity contribution in [2.75, 3.05) is 23.9 Å². The summed E-state index contributed by atoms with van der Waals surface area (Å²) >= 11 is 3.11. The van der Waals surface area contributed by atoms with Gasteiger partial charge in [-0.1, -0.05) is 0 Å². The molecular weight excluding hydrogens is 336 g/mol. The van der Waals surface area contributed by atoms with Gasteiger partial charge in [0.15, 0.2) is 0 Å². The zero-order valence-corrected chi connectivity index (χ0v) is 12.5. The number of amides is 2. The highest BCUT2D eigenvalue weighted by molar-refractivity contribution is 9.10. The first-order valence-corrected chi connectivity index (χ1v) is 7.80. The molecule has 2 amide bonds. The van der Waals surface area contributed by atoms with Crippen molar-refractivity contribution >= 4 is 44.4 Å². The summed E-state index contributed by atoms with van der Waals surface area (Å²) in [6, 6.07) is 4.00. The molecular formula is C11H13BrN2O4S. The summed E-state index contributed by atoms with van der Waals surface area (Å²) in [5.74, 6) is -0.717. The van der Waals surface area contributed by atoms with Crippen LogP contribution >= 0.6 is 15.9 Å². The summed E-state index contributed by atoms with van der Waals surface area (Å²) in [4.78, 5) is 22.4. The summed E-state index contributed by atoms with van der Waals surface area (Å²) in [5.41, 5.74) is 0.434. The zero-order chi connectivity index (χ0) is 14.4. The Morgan fingerprint density at radius 3 is 2.68 bits per heavy atom. The molecule has 8 heteroatoms. The smallest absolute Gasteiger partial charge is 0.336 e. The molecule has 0 radical (unpaired) electrons. The molecule has 0 aliphatic carbocycles. The van der Waals surface area contributed by atoms with E-state index in [1.165, 1.54) is 6.07 Å². The number of aromatic carboxylic acids is 1. The van der Waals surface area contributed by atoms with Gasteiger partial charge >= 0.3 is 12.0 Å². The lowest BCUT2D eigenvalue weighted by Gasteiger charge is -2.08. The molecule has 0 saturated carbocycles. The summed E-state index contributed by atoms with van der Waals surface area (Å²) in [5, 5.41) is 14.0. The van der Waals surface area contributed by atoms with Gasteiger partial charge in [-0.25, -0.2) is 9.59 Å². The van der Waals surface area contributed by atoms with Crippen molar-refractivity contribution in [2.24, 2.45) is 0 Å². The van der Waals surface area contributed by atoms with Crippen LogP contribution < -0.4 is 10.6 Å². The molecule has 6 nitrogen and oxygen atoms in total. The third kappa shape index (κ3) is 5.39. The minimum Gasteiger partial charge on any atom is -0.478 e. The van der Waals surface area contributed by atoms with Crippen LogP contribution in [0.15, 0.2) is 22.7 Å². The SMILES string of the molecule is CS(=O)CCNC(=O)Nc1ccc(Br)c(C(=O)O)c1. The summed E-state index contributed by atoms with van der Waals surface area (Å²) < 4.78 is 11.2. The maximum atomic E-state index is 11.5. The van der Waals surface area contributed by atoms with Crippen molar-refractivity contribution in [1.82, 2.24) is 5.32 Å². The summed E-state index contributed by atoms with van der Waals surface area (Å²) in [6.45, 7) is 0.289. The number of hydrogen-bond donors (Lipinski definition) is 3. The van der Waals surface area contributed by atoms with E-state index < -0.39 is 22.8 Å². The number of carboxylic acids is 1. The second-order valence-corrected chi connectivity index (χ2v) is 6.07. The van der Waals surface area contributed by atoms with E-state index in [1.807, 2.05) is 0 Å². The van der Waals surface area contributed by atoms with Crippen LogP contribution in [0, 0.1) is 0 Å². The fraction of sp³-hybridized carbons (Fsp3) is 0.273. The van der Waals surface area contributed by atoms with Gasteiger partial charge in [0.2, 0.25) is 0 Å². The largest absolute Gasteiger partial charge is 0.478 e. The molecule has 1 unspecified atom stereocenters. The van der Waals surface area contributed by atoms with Gasteiger partial charge in [-0.2, -0.15) is 0 Å². The van der Waals surface area contributed by atoms with Gasteiger partial charge < -0.3 is 15.7 Å². The molecule has 3 N–H and O–H groups in total. The standard InChI is InChI=1S/C11H13BrN2O4S/c1-19(18)5-4-13-11(17)14-7-2-3-9(12)8(6-7)10(15)16/h2-3,6H,4-5H2,1H3,(H,15,16)(H2,13,14,17). The van der Waals surface area contributed by atoms with Crippen LogP contribution in [0.5, 0.6) is 0 Å². The Labute approximate surface area is 121 Å². The average Bonchev–Trinajstić information content (AvgIpc) is 2.30. The fourth-order valence-electron chi connectivity index (χ4n) is 1.25. The molecule has 0 spiro atoms. The first-order valence-electron chi connectivity index (χ1n) is 5.28. The van der Waals surface area contributed by atoms with E-state index >= 15 is 0 Å². The quantitative estimate of drug-likeness (QED) is 0.753. The predicted octanol–water partition coefficient (Wildman–Crippen LogP) is 1.65. The van der Waals surface area contributed by atoms with Gasteiger partial charge in [-0.05, 0) is 34.1 Å². The molecule has 1 aromatic rings. The van der Waals surface area contributed by atoms with Crippen molar-refractivity contribution in [2.45, 2.75) is 0 Å². The normalized spacial score (nSPS) is 11.7. The van der Waals surface area contributed by atoms with Gasteiger partial charge in [-0.15, -0.1) is 0 Å². The van der Waals surface area contributed by atoms with E-state index in [1.54, 1.807) is 18.4 Å². The molecule has 104 valence electrons. The second kappa shape index (κ2) is 7.25. The van der Waals surface area contributed by atoms with Crippen LogP contribution in [0.4, 0.5) is 10.5 Å². The number of nitrogens with one attached hydrogen (secondary N) is 2. The van der Waals surface area contributed by atoms with Crippen LogP contribution in [-0.4, -0.2) is 39.9 Å². The molecule has 0 aromatic heterocycles. The van der Waals surface area contributed by atoms with Gasteiger partial charge in [-0.3, -0.25) is 4.21 Å². The number of halogens is 1. The predicted molar refractivity (Wildman–Crippen MR) is 77.1 cm³/mol. The van der Waals surface area contributed by atoms with Gasteiger partial charge in [0.05, 0.1) is 5.56 Å². The van der Waals surface area contributed by atoms with Crippen LogP contribution in [0.25, 0.3) is 0 Å². The minimum absolute atomic E-state index is 0.0625. The van der Waals surface area contributed by atoms with Gasteiger partial charge in [0.25, 0.3) is 0 Å². The molecule has 0 aliphatic rings. The maximum absolute atomic E-state index is 11.5. The van der Waals surface area contributed by atoms with Crippen molar-refractivity contribution in [3.63, 3.8) is 0 Å². The van der Waals surface area contributed by atoms with E-state index in [4.69, 9.17) is 5.11 Å². The minimum atomic E-state index is -1.09. The lowest BCUT2D eigenvalue weighted by atomic mass is 10.2. The number of carboxylic acid groups (broad SMARTS) is 1. The molecule has 0 fully saturated rings. The Morgan fingerprint density at radius 2 is 2.11 bits per heavy atom. The van der Waals surface area contributed by atoms with Gasteiger partial charge in [0, 0.05) is 39.5 Å². The molecule has 19 heavy (non-hydrogen) atoms. The van der Waals surface area contributed by atoms with E-state index in [9.17, 15) is 13.8 Å². The lowest BCUT2D eigenvalue weighted by molar-refractivity contribution is 0.0696. The molecule has 1 atom stereocenters. The maximum Gasteiger partial charge on any atom is 0.336 e. The fourth-order valence-corrected chi connectivity index (χ4v) is 2.06. The Kier molecular flexibility index (Phi) is 5.97. The number of rotatable bonds is 5. The summed E-state index contributed by atoms with van der Waals surface area (Å²) in [6.07, 6.45) is 1.55. The Bertz CT molecular complexity index is 521. The number of anilines is 1. The molecule has 0 saturated heterocycles. The van der Waals surface area contributed by atoms with E-state index in [2.05, 4.69) is 26.6 Å². The van der Waals surface area contributed by atoms with Crippen molar-refractivity contribution < 1.29 is 18.9 Å². The highest BCUT2D eigenvalue weighted by Crippen LogP contribution is 2.21. The van der Waals surface area contributed by atoms with E-state index in [-0.39, 0.29) is 12.1 Å². The van der Waals surface area contributed by atoms with Crippen molar-refractivity contribution in [3.05, 3.63) is 28.2 Å². The van der Waals surface area contributed by atoms with Gasteiger partial charge in [0.1, 0.15) is 0 Å². The average molecular weight is 349 g/mol. The third-order valence-corrected chi connectivity index (χ3v) is 3.60. The number of hydrogen-bond acceptors (Lipinski definition) is 3. The van der Waals surface area contributed by atoms with E-state index in [0.29, 0.717) is 15.9 Å². The van der Waals surface area contributed by atoms with Crippen LogP contribution in [0.1, 0.15) is 10.4 Å². The van der Waals surface area contributed by atoms with Crippen LogP contribution in [0.3, 0.4) is 0 Å². The molecule has 1 aromatic carbocycles. The Hall–Kier alpha value is -1.41. The van der Waals surface area contributed by atoms with E-state index in [0.717, 1.165) is 0 Å². The molecule has 0 bridgehead atoms. The lowest BCUT2D eigenvalue weighted by Crippen LogP contribution is -2.31. The first kappa shape index (κ1) is 15.6. The van der Waals surface area contributed by atoms with Crippen molar-refractivity contribution in [3.8, 4) is 0 Å². The zero-order valence-electron chi connectivity index (χ0n) is 10.1. The third-order valence-electron chi connectivity index (χ3n) is 2.13. The highest BCUT2D eigenvalue weighted by Gasteiger charge is 2.10. The monoisotopic (exact) mass is 348 g/mol. The van der Waals surface area contributed by atoms with Crippen LogP contribution in [-0.2, 0) is 10.8 Å². The number of urea groups is 1. The van der Waals surface area contributed by atoms with Crippen LogP contribution in [0.2, 0.25) is 0 Å². The molecule has 1 rings (SSSR count). The number of carbonyl (C=O) groups excluding carboxylic acids is 1. The molecule has 0 aliphatic heterocycles. The number of benzene rings is 1. The summed E-state index contributed by atoms with van der Waals surface area (Å²) in [7, 11) is -0.968. The second-order valence-electron chi connectivity index (χ2n) is 3.66. The topological polar surface area (TPSA) is 95.5 Å². The molecule has 0 heterocycles.